The minimum Gasteiger partial charge on any atom is -0.355 e. The topological polar surface area (TPSA) is 88.0 Å². The number of carbonyl (C=O) groups excluding carboxylic acids is 1. The number of anilines is 2. The van der Waals surface area contributed by atoms with Gasteiger partial charge in [-0.25, -0.2) is 23.8 Å². The third-order valence-corrected chi connectivity index (χ3v) is 5.33. The monoisotopic (exact) mass is 413 g/mol. The molecule has 0 unspecified atom stereocenters. The lowest BCUT2D eigenvalue weighted by atomic mass is 10.2. The number of nitrogens with one attached hydrogen (secondary N) is 2. The smallest absolute Gasteiger partial charge is 0.320 e. The van der Waals surface area contributed by atoms with Gasteiger partial charge in [0.05, 0.1) is 0 Å². The van der Waals surface area contributed by atoms with Gasteiger partial charge in [0.15, 0.2) is 17.5 Å². The molecule has 1 aliphatic heterocycles. The molecule has 10 heteroatoms. The molecule has 4 heterocycles. The lowest BCUT2D eigenvalue weighted by molar-refractivity contribution is 0.251. The zero-order valence-corrected chi connectivity index (χ0v) is 16.4. The number of halogens is 1. The van der Waals surface area contributed by atoms with Crippen molar-refractivity contribution in [2.75, 3.05) is 34.8 Å². The van der Waals surface area contributed by atoms with Crippen LogP contribution >= 0.6 is 11.8 Å². The quantitative estimate of drug-likeness (QED) is 0.669. The number of nitrogens with zero attached hydrogens (tertiary/aromatic N) is 5. The molecule has 0 atom stereocenters. The van der Waals surface area contributed by atoms with E-state index in [-0.39, 0.29) is 5.82 Å². The van der Waals surface area contributed by atoms with E-state index in [2.05, 4.69) is 30.6 Å². The van der Waals surface area contributed by atoms with E-state index in [1.165, 1.54) is 29.2 Å². The van der Waals surface area contributed by atoms with Gasteiger partial charge < -0.3 is 10.2 Å². The number of hydrogen-bond donors (Lipinski definition) is 2. The van der Waals surface area contributed by atoms with Crippen LogP contribution in [0.1, 0.15) is 5.56 Å². The van der Waals surface area contributed by atoms with Crippen molar-refractivity contribution < 1.29 is 9.18 Å². The fourth-order valence-corrected chi connectivity index (χ4v) is 3.84. The highest BCUT2D eigenvalue weighted by Crippen LogP contribution is 2.18. The van der Waals surface area contributed by atoms with Crippen LogP contribution in [0.4, 0.5) is 20.8 Å². The highest BCUT2D eigenvalue weighted by molar-refractivity contribution is 7.99. The van der Waals surface area contributed by atoms with E-state index < -0.39 is 11.8 Å². The summed E-state index contributed by atoms with van der Waals surface area (Å²) in [5.41, 5.74) is 0.962. The Hall–Kier alpha value is -3.14. The summed E-state index contributed by atoms with van der Waals surface area (Å²) in [5.74, 6) is 3.01. The Bertz CT molecular complexity index is 990. The van der Waals surface area contributed by atoms with E-state index in [0.717, 1.165) is 36.0 Å². The number of aromatic nitrogens is 4. The minimum atomic E-state index is -0.493. The molecular formula is C19H20FN7OS. The van der Waals surface area contributed by atoms with Crippen LogP contribution in [0.5, 0.6) is 0 Å². The van der Waals surface area contributed by atoms with Crippen molar-refractivity contribution in [2.45, 2.75) is 6.54 Å². The number of urea groups is 1. The van der Waals surface area contributed by atoms with Gasteiger partial charge >= 0.3 is 6.03 Å². The standard InChI is InChI=1S/C19H20FN7OS/c20-15-2-1-5-22-18(15)27-7-4-16(25-27)24-19(28)23-13-14-3-6-21-17(12-14)26-8-10-29-11-9-26/h1-7,12H,8-11,13H2,(H2,23,24,25,28). The molecule has 150 valence electrons. The Labute approximate surface area is 171 Å². The van der Waals surface area contributed by atoms with Crippen LogP contribution in [0.25, 0.3) is 5.82 Å². The van der Waals surface area contributed by atoms with Crippen LogP contribution < -0.4 is 15.5 Å². The SMILES string of the molecule is O=C(NCc1ccnc(N2CCSCC2)c1)Nc1ccn(-c2ncccc2F)n1. The lowest BCUT2D eigenvalue weighted by Gasteiger charge is -2.27. The van der Waals surface area contributed by atoms with E-state index in [1.54, 1.807) is 12.3 Å². The van der Waals surface area contributed by atoms with Gasteiger partial charge in [0.2, 0.25) is 0 Å². The van der Waals surface area contributed by atoms with Gasteiger partial charge in [-0.3, -0.25) is 5.32 Å². The van der Waals surface area contributed by atoms with Crippen molar-refractivity contribution in [1.82, 2.24) is 25.1 Å². The molecule has 1 aliphatic rings. The molecule has 0 aromatic carbocycles. The van der Waals surface area contributed by atoms with E-state index in [1.807, 2.05) is 23.9 Å². The predicted octanol–water partition coefficient (Wildman–Crippen LogP) is 2.68. The number of hydrogen-bond acceptors (Lipinski definition) is 6. The van der Waals surface area contributed by atoms with Gasteiger partial charge in [-0.2, -0.15) is 11.8 Å². The zero-order chi connectivity index (χ0) is 20.1. The summed E-state index contributed by atoms with van der Waals surface area (Å²) in [6, 6.07) is 7.85. The van der Waals surface area contributed by atoms with Crippen LogP contribution in [0.3, 0.4) is 0 Å². The maximum Gasteiger partial charge on any atom is 0.320 e. The fraction of sp³-hybridized carbons (Fsp3) is 0.263. The molecule has 1 saturated heterocycles. The third kappa shape index (κ3) is 4.83. The normalized spacial score (nSPS) is 13.9. The van der Waals surface area contributed by atoms with Crippen LogP contribution in [-0.2, 0) is 6.54 Å². The van der Waals surface area contributed by atoms with Crippen molar-refractivity contribution in [3.63, 3.8) is 0 Å². The maximum atomic E-state index is 13.8. The van der Waals surface area contributed by atoms with Crippen LogP contribution in [0.15, 0.2) is 48.9 Å². The molecule has 2 amide bonds. The molecule has 0 bridgehead atoms. The molecule has 0 aliphatic carbocycles. The van der Waals surface area contributed by atoms with Crippen LogP contribution in [0, 0.1) is 5.82 Å². The van der Waals surface area contributed by atoms with E-state index in [4.69, 9.17) is 0 Å². The summed E-state index contributed by atoms with van der Waals surface area (Å²) in [5, 5.41) is 9.57. The summed E-state index contributed by atoms with van der Waals surface area (Å²) in [4.78, 5) is 22.8. The molecule has 2 N–H and O–H groups in total. The zero-order valence-electron chi connectivity index (χ0n) is 15.6. The summed E-state index contributed by atoms with van der Waals surface area (Å²) in [6.45, 7) is 2.32. The van der Waals surface area contributed by atoms with Crippen molar-refractivity contribution in [2.24, 2.45) is 0 Å². The maximum absolute atomic E-state index is 13.8. The Morgan fingerprint density at radius 2 is 2.03 bits per heavy atom. The first-order chi connectivity index (χ1) is 14.2. The molecule has 1 fully saturated rings. The van der Waals surface area contributed by atoms with Crippen LogP contribution in [0.2, 0.25) is 0 Å². The Kier molecular flexibility index (Phi) is 5.89. The molecular weight excluding hydrogens is 393 g/mol. The summed E-state index contributed by atoms with van der Waals surface area (Å²) >= 11 is 1.95. The lowest BCUT2D eigenvalue weighted by Crippen LogP contribution is -2.33. The second-order valence-electron chi connectivity index (χ2n) is 6.38. The van der Waals surface area contributed by atoms with Gasteiger partial charge in [0.1, 0.15) is 5.82 Å². The first-order valence-corrected chi connectivity index (χ1v) is 10.3. The van der Waals surface area contributed by atoms with Gasteiger partial charge in [0, 0.05) is 55.8 Å². The fourth-order valence-electron chi connectivity index (χ4n) is 2.93. The number of thioether (sulfide) groups is 1. The summed E-state index contributed by atoms with van der Waals surface area (Å²) < 4.78 is 15.1. The Balaban J connectivity index is 1.33. The molecule has 4 rings (SSSR count). The van der Waals surface area contributed by atoms with E-state index in [0.29, 0.717) is 12.4 Å². The van der Waals surface area contributed by atoms with Crippen molar-refractivity contribution >= 4 is 29.4 Å². The van der Waals surface area contributed by atoms with Crippen molar-refractivity contribution in [3.05, 3.63) is 60.3 Å². The first-order valence-electron chi connectivity index (χ1n) is 9.18. The first kappa shape index (κ1) is 19.2. The highest BCUT2D eigenvalue weighted by atomic mass is 32.2. The molecule has 3 aromatic rings. The summed E-state index contributed by atoms with van der Waals surface area (Å²) in [6.07, 6.45) is 4.77. The average molecular weight is 413 g/mol. The predicted molar refractivity (Wildman–Crippen MR) is 111 cm³/mol. The number of pyridine rings is 2. The number of amides is 2. The third-order valence-electron chi connectivity index (χ3n) is 4.38. The molecule has 0 spiro atoms. The van der Waals surface area contributed by atoms with Crippen molar-refractivity contribution in [1.29, 1.82) is 0 Å². The Morgan fingerprint density at radius 3 is 2.86 bits per heavy atom. The van der Waals surface area contributed by atoms with Crippen LogP contribution in [-0.4, -0.2) is 50.4 Å². The second-order valence-corrected chi connectivity index (χ2v) is 7.61. The summed E-state index contributed by atoms with van der Waals surface area (Å²) in [7, 11) is 0. The van der Waals surface area contributed by atoms with Crippen molar-refractivity contribution in [3.8, 4) is 5.82 Å². The Morgan fingerprint density at radius 1 is 1.17 bits per heavy atom. The number of rotatable bonds is 5. The molecule has 0 saturated carbocycles. The van der Waals surface area contributed by atoms with E-state index >= 15 is 0 Å². The molecule has 0 radical (unpaired) electrons. The molecule has 3 aromatic heterocycles. The average Bonchev–Trinajstić information content (AvgIpc) is 3.21. The van der Waals surface area contributed by atoms with E-state index in [9.17, 15) is 9.18 Å². The molecule has 29 heavy (non-hydrogen) atoms. The van der Waals surface area contributed by atoms with Gasteiger partial charge in [-0.1, -0.05) is 0 Å². The minimum absolute atomic E-state index is 0.0707. The number of carbonyl (C=O) groups is 1. The second kappa shape index (κ2) is 8.91. The van der Waals surface area contributed by atoms with Gasteiger partial charge in [-0.15, -0.1) is 5.10 Å². The molecule has 8 nitrogen and oxygen atoms in total. The largest absolute Gasteiger partial charge is 0.355 e. The highest BCUT2D eigenvalue weighted by Gasteiger charge is 2.13. The van der Waals surface area contributed by atoms with Gasteiger partial charge in [0.25, 0.3) is 0 Å². The van der Waals surface area contributed by atoms with Gasteiger partial charge in [-0.05, 0) is 29.8 Å².